The van der Waals surface area contributed by atoms with Gasteiger partial charge in [0.2, 0.25) is 0 Å². The lowest BCUT2D eigenvalue weighted by Crippen LogP contribution is -2.00. The van der Waals surface area contributed by atoms with Gasteiger partial charge in [-0.2, -0.15) is 0 Å². The molecule has 0 radical (unpaired) electrons. The Morgan fingerprint density at radius 1 is 1.07 bits per heavy atom. The Morgan fingerprint density at radius 2 is 1.79 bits per heavy atom. The fraction of sp³-hybridized carbons (Fsp3) is 0.692. The van der Waals surface area contributed by atoms with Gasteiger partial charge in [-0.05, 0) is 12.8 Å². The van der Waals surface area contributed by atoms with Crippen LogP contribution in [0.4, 0.5) is 0 Å². The second-order valence-corrected chi connectivity index (χ2v) is 3.66. The number of hydrogen-bond acceptors (Lipinski definition) is 1. The van der Waals surface area contributed by atoms with E-state index in [1.54, 1.807) is 0 Å². The van der Waals surface area contributed by atoms with E-state index in [4.69, 9.17) is 0 Å². The van der Waals surface area contributed by atoms with E-state index >= 15 is 0 Å². The second kappa shape index (κ2) is 10.5. The molecule has 0 aliphatic heterocycles. The Morgan fingerprint density at radius 3 is 2.43 bits per heavy atom. The molecule has 0 spiro atoms. The first-order valence-corrected chi connectivity index (χ1v) is 5.82. The van der Waals surface area contributed by atoms with Crippen LogP contribution in [0.1, 0.15) is 52.4 Å². The predicted molar refractivity (Wildman–Crippen MR) is 63.3 cm³/mol. The highest BCUT2D eigenvalue weighted by molar-refractivity contribution is 5.04. The average Bonchev–Trinajstić information content (AvgIpc) is 2.20. The summed E-state index contributed by atoms with van der Waals surface area (Å²) < 4.78 is 0. The molecule has 1 atom stereocenters. The lowest BCUT2D eigenvalue weighted by molar-refractivity contribution is 0.209. The maximum absolute atomic E-state index is 9.46. The van der Waals surface area contributed by atoms with Crippen LogP contribution >= 0.6 is 0 Å². The molecule has 1 nitrogen and oxygen atoms in total. The monoisotopic (exact) mass is 196 g/mol. The normalized spacial score (nSPS) is 14.2. The summed E-state index contributed by atoms with van der Waals surface area (Å²) in [6.07, 6.45) is 14.5. The van der Waals surface area contributed by atoms with Gasteiger partial charge in [0.15, 0.2) is 0 Å². The lowest BCUT2D eigenvalue weighted by Gasteiger charge is -2.01. The first kappa shape index (κ1) is 13.4. The van der Waals surface area contributed by atoms with Gasteiger partial charge in [-0.3, -0.25) is 0 Å². The maximum Gasteiger partial charge on any atom is 0.0723 e. The fourth-order valence-corrected chi connectivity index (χ4v) is 1.20. The molecule has 0 amide bonds. The summed E-state index contributed by atoms with van der Waals surface area (Å²) in [6, 6.07) is 0. The summed E-state index contributed by atoms with van der Waals surface area (Å²) in [6.45, 7) is 4.33. The van der Waals surface area contributed by atoms with Crippen LogP contribution in [0.3, 0.4) is 0 Å². The first-order valence-electron chi connectivity index (χ1n) is 5.82. The zero-order chi connectivity index (χ0) is 10.6. The van der Waals surface area contributed by atoms with Crippen molar-refractivity contribution in [2.24, 2.45) is 0 Å². The molecule has 0 heterocycles. The van der Waals surface area contributed by atoms with Crippen molar-refractivity contribution in [2.45, 2.75) is 58.5 Å². The highest BCUT2D eigenvalue weighted by Gasteiger charge is 1.95. The van der Waals surface area contributed by atoms with E-state index in [2.05, 4.69) is 19.9 Å². The standard InChI is InChI=1S/C13H24O/c1-3-5-7-8-9-10-12-13(14)11-6-4-2/h8-10,12-14H,3-7,11H2,1-2H3/b9-8+,12-10+. The molecule has 0 aromatic rings. The van der Waals surface area contributed by atoms with Crippen molar-refractivity contribution >= 4 is 0 Å². The molecule has 82 valence electrons. The average molecular weight is 196 g/mol. The van der Waals surface area contributed by atoms with Crippen LogP contribution in [-0.2, 0) is 0 Å². The molecule has 1 unspecified atom stereocenters. The summed E-state index contributed by atoms with van der Waals surface area (Å²) in [4.78, 5) is 0. The molecule has 1 N–H and O–H groups in total. The van der Waals surface area contributed by atoms with Crippen molar-refractivity contribution < 1.29 is 5.11 Å². The minimum atomic E-state index is -0.259. The SMILES string of the molecule is CCCC/C=C/C=C/C(O)CCCC. The minimum absolute atomic E-state index is 0.259. The number of allylic oxidation sites excluding steroid dienone is 3. The molecule has 14 heavy (non-hydrogen) atoms. The van der Waals surface area contributed by atoms with E-state index in [1.807, 2.05) is 18.2 Å². The van der Waals surface area contributed by atoms with Crippen molar-refractivity contribution in [2.75, 3.05) is 0 Å². The maximum atomic E-state index is 9.46. The predicted octanol–water partition coefficient (Wildman–Crippen LogP) is 3.84. The van der Waals surface area contributed by atoms with Crippen molar-refractivity contribution in [3.05, 3.63) is 24.3 Å². The van der Waals surface area contributed by atoms with Crippen LogP contribution in [0.5, 0.6) is 0 Å². The van der Waals surface area contributed by atoms with E-state index < -0.39 is 0 Å². The smallest absolute Gasteiger partial charge is 0.0723 e. The second-order valence-electron chi connectivity index (χ2n) is 3.66. The number of aliphatic hydroxyl groups is 1. The Labute approximate surface area is 88.5 Å². The molecular weight excluding hydrogens is 172 g/mol. The van der Waals surface area contributed by atoms with Gasteiger partial charge in [-0.1, -0.05) is 63.8 Å². The third kappa shape index (κ3) is 9.53. The Kier molecular flexibility index (Phi) is 10.1. The number of aliphatic hydroxyl groups excluding tert-OH is 1. The topological polar surface area (TPSA) is 20.2 Å². The quantitative estimate of drug-likeness (QED) is 0.462. The van der Waals surface area contributed by atoms with E-state index in [0.717, 1.165) is 25.7 Å². The van der Waals surface area contributed by atoms with Crippen LogP contribution in [0, 0.1) is 0 Å². The molecule has 0 aliphatic carbocycles. The first-order chi connectivity index (χ1) is 6.81. The number of unbranched alkanes of at least 4 members (excludes halogenated alkanes) is 3. The van der Waals surface area contributed by atoms with Crippen LogP contribution < -0.4 is 0 Å². The molecule has 0 saturated heterocycles. The van der Waals surface area contributed by atoms with Gasteiger partial charge in [-0.15, -0.1) is 0 Å². The van der Waals surface area contributed by atoms with Crippen molar-refractivity contribution in [1.82, 2.24) is 0 Å². The van der Waals surface area contributed by atoms with Crippen LogP contribution in [0.2, 0.25) is 0 Å². The van der Waals surface area contributed by atoms with E-state index in [0.29, 0.717) is 0 Å². The molecular formula is C13H24O. The Bertz CT molecular complexity index is 159. The van der Waals surface area contributed by atoms with E-state index in [-0.39, 0.29) is 6.10 Å². The minimum Gasteiger partial charge on any atom is -0.389 e. The lowest BCUT2D eigenvalue weighted by atomic mass is 10.1. The van der Waals surface area contributed by atoms with Gasteiger partial charge in [0.1, 0.15) is 0 Å². The van der Waals surface area contributed by atoms with Crippen LogP contribution in [0.25, 0.3) is 0 Å². The molecule has 0 rings (SSSR count). The van der Waals surface area contributed by atoms with Gasteiger partial charge in [0.05, 0.1) is 6.10 Å². The molecule has 1 heteroatoms. The van der Waals surface area contributed by atoms with Crippen molar-refractivity contribution in [3.8, 4) is 0 Å². The van der Waals surface area contributed by atoms with E-state index in [1.165, 1.54) is 12.8 Å². The van der Waals surface area contributed by atoms with Gasteiger partial charge in [-0.25, -0.2) is 0 Å². The molecule has 0 aromatic carbocycles. The van der Waals surface area contributed by atoms with Crippen molar-refractivity contribution in [1.29, 1.82) is 0 Å². The van der Waals surface area contributed by atoms with Gasteiger partial charge < -0.3 is 5.11 Å². The van der Waals surface area contributed by atoms with Crippen LogP contribution in [-0.4, -0.2) is 11.2 Å². The molecule has 0 aromatic heterocycles. The number of hydrogen-bond donors (Lipinski definition) is 1. The largest absolute Gasteiger partial charge is 0.389 e. The highest BCUT2D eigenvalue weighted by Crippen LogP contribution is 2.01. The summed E-state index contributed by atoms with van der Waals surface area (Å²) in [5.74, 6) is 0. The summed E-state index contributed by atoms with van der Waals surface area (Å²) in [5, 5.41) is 9.46. The van der Waals surface area contributed by atoms with E-state index in [9.17, 15) is 5.11 Å². The zero-order valence-corrected chi connectivity index (χ0v) is 9.58. The Hall–Kier alpha value is -0.560. The Balaban J connectivity index is 3.44. The van der Waals surface area contributed by atoms with Crippen LogP contribution in [0.15, 0.2) is 24.3 Å². The van der Waals surface area contributed by atoms with Crippen molar-refractivity contribution in [3.63, 3.8) is 0 Å². The molecule has 0 bridgehead atoms. The van der Waals surface area contributed by atoms with Gasteiger partial charge in [0, 0.05) is 0 Å². The highest BCUT2D eigenvalue weighted by atomic mass is 16.3. The van der Waals surface area contributed by atoms with Gasteiger partial charge in [0.25, 0.3) is 0 Å². The molecule has 0 aliphatic rings. The third-order valence-corrected chi connectivity index (χ3v) is 2.16. The molecule has 0 fully saturated rings. The zero-order valence-electron chi connectivity index (χ0n) is 9.58. The fourth-order valence-electron chi connectivity index (χ4n) is 1.20. The van der Waals surface area contributed by atoms with Gasteiger partial charge >= 0.3 is 0 Å². The third-order valence-electron chi connectivity index (χ3n) is 2.16. The summed E-state index contributed by atoms with van der Waals surface area (Å²) >= 11 is 0. The summed E-state index contributed by atoms with van der Waals surface area (Å²) in [5.41, 5.74) is 0. The number of rotatable bonds is 8. The molecule has 0 saturated carbocycles. The summed E-state index contributed by atoms with van der Waals surface area (Å²) in [7, 11) is 0.